The van der Waals surface area contributed by atoms with Gasteiger partial charge in [0.25, 0.3) is 0 Å². The first-order valence-corrected chi connectivity index (χ1v) is 7.93. The quantitative estimate of drug-likeness (QED) is 0.780. The molecule has 0 aliphatic heterocycles. The molecule has 0 saturated carbocycles. The average molecular weight is 267 g/mol. The molecule has 0 aromatic heterocycles. The Morgan fingerprint density at radius 1 is 1.17 bits per heavy atom. The molecule has 2 unspecified atom stereocenters. The van der Waals surface area contributed by atoms with E-state index < -0.39 is 0 Å². The Balaban J connectivity index is 2.30. The molecule has 0 aliphatic carbocycles. The maximum Gasteiger partial charge on any atom is 0.118 e. The summed E-state index contributed by atoms with van der Waals surface area (Å²) in [6.45, 7) is 4.51. The van der Waals surface area contributed by atoms with Crippen LogP contribution in [0.25, 0.3) is 0 Å². The fourth-order valence-corrected chi connectivity index (χ4v) is 2.64. The van der Waals surface area contributed by atoms with Crippen LogP contribution in [0.15, 0.2) is 24.3 Å². The van der Waals surface area contributed by atoms with Crippen molar-refractivity contribution in [3.05, 3.63) is 29.8 Å². The maximum absolute atomic E-state index is 5.16. The lowest BCUT2D eigenvalue weighted by atomic mass is 10.1. The van der Waals surface area contributed by atoms with Crippen LogP contribution in [0, 0.1) is 0 Å². The molecule has 0 aliphatic rings. The number of aryl methyl sites for hydroxylation is 1. The van der Waals surface area contributed by atoms with Crippen LogP contribution in [-0.4, -0.2) is 31.2 Å². The third-order valence-electron chi connectivity index (χ3n) is 3.01. The number of methoxy groups -OCH3 is 1. The summed E-state index contributed by atoms with van der Waals surface area (Å²) in [6, 6.07) is 9.52. The van der Waals surface area contributed by atoms with E-state index in [9.17, 15) is 0 Å². The van der Waals surface area contributed by atoms with Gasteiger partial charge in [-0.2, -0.15) is 11.8 Å². The van der Waals surface area contributed by atoms with Gasteiger partial charge in [0.15, 0.2) is 0 Å². The van der Waals surface area contributed by atoms with Crippen LogP contribution in [-0.2, 0) is 6.42 Å². The van der Waals surface area contributed by atoms with Gasteiger partial charge in [-0.15, -0.1) is 0 Å². The lowest BCUT2D eigenvalue weighted by molar-refractivity contribution is 0.414. The smallest absolute Gasteiger partial charge is 0.118 e. The van der Waals surface area contributed by atoms with Gasteiger partial charge in [0.2, 0.25) is 0 Å². The van der Waals surface area contributed by atoms with Gasteiger partial charge in [-0.25, -0.2) is 0 Å². The van der Waals surface area contributed by atoms with Gasteiger partial charge < -0.3 is 10.1 Å². The number of nitrogens with one attached hydrogen (secondary N) is 1. The first kappa shape index (κ1) is 15.4. The Hall–Kier alpha value is -0.670. The van der Waals surface area contributed by atoms with Crippen molar-refractivity contribution in [3.63, 3.8) is 0 Å². The van der Waals surface area contributed by atoms with Crippen molar-refractivity contribution in [1.29, 1.82) is 0 Å². The summed E-state index contributed by atoms with van der Waals surface area (Å²) in [5.41, 5.74) is 1.38. The van der Waals surface area contributed by atoms with Gasteiger partial charge in [-0.1, -0.05) is 12.1 Å². The molecule has 3 heteroatoms. The van der Waals surface area contributed by atoms with E-state index in [1.54, 1.807) is 7.11 Å². The second-order valence-corrected chi connectivity index (χ2v) is 5.72. The first-order valence-electron chi connectivity index (χ1n) is 6.53. The van der Waals surface area contributed by atoms with E-state index in [1.165, 1.54) is 17.7 Å². The molecule has 1 aromatic rings. The van der Waals surface area contributed by atoms with E-state index >= 15 is 0 Å². The molecule has 0 amide bonds. The second kappa shape index (κ2) is 8.44. The molecule has 1 N–H and O–H groups in total. The summed E-state index contributed by atoms with van der Waals surface area (Å²) >= 11 is 1.89. The van der Waals surface area contributed by atoms with Gasteiger partial charge >= 0.3 is 0 Å². The molecule has 1 rings (SSSR count). The van der Waals surface area contributed by atoms with Crippen LogP contribution < -0.4 is 10.1 Å². The summed E-state index contributed by atoms with van der Waals surface area (Å²) in [5.74, 6) is 2.10. The highest BCUT2D eigenvalue weighted by Crippen LogP contribution is 2.13. The molecule has 18 heavy (non-hydrogen) atoms. The van der Waals surface area contributed by atoms with E-state index in [0.29, 0.717) is 12.1 Å². The van der Waals surface area contributed by atoms with Crippen molar-refractivity contribution < 1.29 is 4.74 Å². The summed E-state index contributed by atoms with van der Waals surface area (Å²) in [6.07, 6.45) is 4.44. The molecule has 0 spiro atoms. The van der Waals surface area contributed by atoms with Crippen molar-refractivity contribution in [2.45, 2.75) is 38.8 Å². The number of benzene rings is 1. The van der Waals surface area contributed by atoms with Crippen molar-refractivity contribution in [1.82, 2.24) is 5.32 Å². The van der Waals surface area contributed by atoms with E-state index in [0.717, 1.165) is 12.2 Å². The minimum atomic E-state index is 0.564. The van der Waals surface area contributed by atoms with E-state index in [1.807, 2.05) is 23.9 Å². The average Bonchev–Trinajstić information content (AvgIpc) is 2.37. The molecule has 2 atom stereocenters. The third kappa shape index (κ3) is 5.78. The topological polar surface area (TPSA) is 21.3 Å². The number of hydrogen-bond acceptors (Lipinski definition) is 3. The number of thioether (sulfide) groups is 1. The van der Waals surface area contributed by atoms with Gasteiger partial charge in [-0.3, -0.25) is 0 Å². The number of ether oxygens (including phenoxy) is 1. The molecule has 0 saturated heterocycles. The van der Waals surface area contributed by atoms with Crippen LogP contribution in [0.1, 0.15) is 25.8 Å². The van der Waals surface area contributed by atoms with Crippen molar-refractivity contribution in [2.75, 3.05) is 19.1 Å². The Bertz CT molecular complexity index is 326. The number of rotatable bonds is 8. The summed E-state index contributed by atoms with van der Waals surface area (Å²) in [5, 5.41) is 3.63. The van der Waals surface area contributed by atoms with Crippen LogP contribution in [0.5, 0.6) is 5.75 Å². The van der Waals surface area contributed by atoms with Crippen molar-refractivity contribution >= 4 is 11.8 Å². The van der Waals surface area contributed by atoms with Crippen LogP contribution in [0.3, 0.4) is 0 Å². The van der Waals surface area contributed by atoms with E-state index in [4.69, 9.17) is 4.74 Å². The van der Waals surface area contributed by atoms with Crippen LogP contribution in [0.4, 0.5) is 0 Å². The minimum Gasteiger partial charge on any atom is -0.497 e. The van der Waals surface area contributed by atoms with E-state index in [-0.39, 0.29) is 0 Å². The molecule has 0 heterocycles. The van der Waals surface area contributed by atoms with Gasteiger partial charge in [-0.05, 0) is 50.6 Å². The highest BCUT2D eigenvalue weighted by atomic mass is 32.2. The predicted molar refractivity (Wildman–Crippen MR) is 81.8 cm³/mol. The third-order valence-corrected chi connectivity index (χ3v) is 3.84. The molecule has 1 aromatic carbocycles. The van der Waals surface area contributed by atoms with E-state index in [2.05, 4.69) is 37.6 Å². The normalized spacial score (nSPS) is 14.2. The van der Waals surface area contributed by atoms with Crippen molar-refractivity contribution in [3.8, 4) is 5.75 Å². The van der Waals surface area contributed by atoms with Gasteiger partial charge in [0.1, 0.15) is 5.75 Å². The number of hydrogen-bond donors (Lipinski definition) is 1. The summed E-state index contributed by atoms with van der Waals surface area (Å²) < 4.78 is 5.16. The molecule has 0 bridgehead atoms. The monoisotopic (exact) mass is 267 g/mol. The van der Waals surface area contributed by atoms with Crippen LogP contribution >= 0.6 is 11.8 Å². The SMILES string of the molecule is COc1ccc(CCC(C)NC(C)CSC)cc1. The maximum atomic E-state index is 5.16. The highest BCUT2D eigenvalue weighted by molar-refractivity contribution is 7.98. The minimum absolute atomic E-state index is 0.564. The molecule has 0 radical (unpaired) electrons. The predicted octanol–water partition coefficient (Wildman–Crippen LogP) is 3.36. The lowest BCUT2D eigenvalue weighted by Crippen LogP contribution is -2.36. The fraction of sp³-hybridized carbons (Fsp3) is 0.600. The Kier molecular flexibility index (Phi) is 7.21. The Morgan fingerprint density at radius 2 is 1.83 bits per heavy atom. The lowest BCUT2D eigenvalue weighted by Gasteiger charge is -2.19. The van der Waals surface area contributed by atoms with Crippen molar-refractivity contribution in [2.24, 2.45) is 0 Å². The van der Waals surface area contributed by atoms with Gasteiger partial charge in [0, 0.05) is 17.8 Å². The zero-order chi connectivity index (χ0) is 13.4. The molecule has 102 valence electrons. The molecule has 2 nitrogen and oxygen atoms in total. The second-order valence-electron chi connectivity index (χ2n) is 4.81. The summed E-state index contributed by atoms with van der Waals surface area (Å²) in [4.78, 5) is 0. The Morgan fingerprint density at radius 3 is 2.39 bits per heavy atom. The summed E-state index contributed by atoms with van der Waals surface area (Å²) in [7, 11) is 1.70. The zero-order valence-electron chi connectivity index (χ0n) is 11.9. The Labute approximate surface area is 116 Å². The largest absolute Gasteiger partial charge is 0.497 e. The van der Waals surface area contributed by atoms with Crippen LogP contribution in [0.2, 0.25) is 0 Å². The molecule has 0 fully saturated rings. The zero-order valence-corrected chi connectivity index (χ0v) is 12.7. The highest BCUT2D eigenvalue weighted by Gasteiger charge is 2.06. The molecular formula is C15H25NOS. The first-order chi connectivity index (χ1) is 8.65. The standard InChI is InChI=1S/C15H25NOS/c1-12(16-13(2)11-18-4)5-6-14-7-9-15(17-3)10-8-14/h7-10,12-13,16H,5-6,11H2,1-4H3. The van der Waals surface area contributed by atoms with Gasteiger partial charge in [0.05, 0.1) is 7.11 Å². The molecular weight excluding hydrogens is 242 g/mol. The fourth-order valence-electron chi connectivity index (χ4n) is 2.04.